The minimum absolute atomic E-state index is 0.157. The molecular weight excluding hydrogens is 276 g/mol. The van der Waals surface area contributed by atoms with Crippen molar-refractivity contribution in [3.8, 4) is 0 Å². The highest BCUT2D eigenvalue weighted by Gasteiger charge is 2.11. The fourth-order valence-electron chi connectivity index (χ4n) is 1.66. The summed E-state index contributed by atoms with van der Waals surface area (Å²) >= 11 is 1.50. The lowest BCUT2D eigenvalue weighted by Gasteiger charge is -2.10. The van der Waals surface area contributed by atoms with E-state index in [1.165, 1.54) is 11.3 Å². The van der Waals surface area contributed by atoms with Gasteiger partial charge in [0.15, 0.2) is 0 Å². The SMILES string of the molecule is O=CNc1ccc(C(=O)NCC(O)c2ccsc2)cc1. The molecule has 0 saturated heterocycles. The molecule has 0 aliphatic rings. The van der Waals surface area contributed by atoms with Gasteiger partial charge in [-0.25, -0.2) is 0 Å². The number of amides is 2. The zero-order chi connectivity index (χ0) is 14.4. The Kier molecular flexibility index (Phi) is 4.86. The molecule has 104 valence electrons. The van der Waals surface area contributed by atoms with Gasteiger partial charge in [-0.05, 0) is 46.7 Å². The van der Waals surface area contributed by atoms with Crippen LogP contribution >= 0.6 is 11.3 Å². The molecule has 20 heavy (non-hydrogen) atoms. The van der Waals surface area contributed by atoms with Gasteiger partial charge in [0.25, 0.3) is 5.91 Å². The van der Waals surface area contributed by atoms with Crippen LogP contribution in [0.3, 0.4) is 0 Å². The molecule has 0 fully saturated rings. The fraction of sp³-hybridized carbons (Fsp3) is 0.143. The Labute approximate surface area is 120 Å². The van der Waals surface area contributed by atoms with Crippen molar-refractivity contribution in [2.75, 3.05) is 11.9 Å². The number of rotatable bonds is 6. The Balaban J connectivity index is 1.89. The number of carbonyl (C=O) groups is 2. The van der Waals surface area contributed by atoms with E-state index in [0.29, 0.717) is 17.7 Å². The van der Waals surface area contributed by atoms with Crippen molar-refractivity contribution < 1.29 is 14.7 Å². The van der Waals surface area contributed by atoms with Gasteiger partial charge < -0.3 is 15.7 Å². The molecule has 0 aliphatic carbocycles. The molecule has 1 heterocycles. The van der Waals surface area contributed by atoms with E-state index >= 15 is 0 Å². The highest BCUT2D eigenvalue weighted by Crippen LogP contribution is 2.15. The molecule has 1 unspecified atom stereocenters. The van der Waals surface area contributed by atoms with Crippen LogP contribution in [-0.4, -0.2) is 24.0 Å². The number of aliphatic hydroxyl groups is 1. The molecular formula is C14H14N2O3S. The molecule has 2 amide bonds. The van der Waals surface area contributed by atoms with E-state index in [1.807, 2.05) is 16.8 Å². The Morgan fingerprint density at radius 3 is 2.65 bits per heavy atom. The maximum Gasteiger partial charge on any atom is 0.251 e. The molecule has 1 atom stereocenters. The molecule has 1 aromatic heterocycles. The van der Waals surface area contributed by atoms with Crippen molar-refractivity contribution in [3.05, 3.63) is 52.2 Å². The maximum atomic E-state index is 11.9. The fourth-order valence-corrected chi connectivity index (χ4v) is 2.37. The van der Waals surface area contributed by atoms with Gasteiger partial charge in [-0.3, -0.25) is 9.59 Å². The topological polar surface area (TPSA) is 78.4 Å². The first kappa shape index (κ1) is 14.2. The summed E-state index contributed by atoms with van der Waals surface area (Å²) in [6, 6.07) is 8.31. The van der Waals surface area contributed by atoms with Crippen LogP contribution in [0.15, 0.2) is 41.1 Å². The van der Waals surface area contributed by atoms with Crippen LogP contribution < -0.4 is 10.6 Å². The van der Waals surface area contributed by atoms with Crippen LogP contribution in [0.25, 0.3) is 0 Å². The molecule has 2 aromatic rings. The molecule has 0 saturated carbocycles. The second-order valence-electron chi connectivity index (χ2n) is 4.12. The summed E-state index contributed by atoms with van der Waals surface area (Å²) < 4.78 is 0. The van der Waals surface area contributed by atoms with E-state index in [0.717, 1.165) is 5.56 Å². The quantitative estimate of drug-likeness (QED) is 0.710. The molecule has 3 N–H and O–H groups in total. The summed E-state index contributed by atoms with van der Waals surface area (Å²) in [5.41, 5.74) is 1.88. The number of anilines is 1. The number of nitrogens with one attached hydrogen (secondary N) is 2. The number of hydrogen-bond acceptors (Lipinski definition) is 4. The second kappa shape index (κ2) is 6.83. The van der Waals surface area contributed by atoms with Gasteiger partial charge in [-0.15, -0.1) is 0 Å². The standard InChI is InChI=1S/C14H14N2O3S/c17-9-16-12-3-1-10(2-4-12)14(19)15-7-13(18)11-5-6-20-8-11/h1-6,8-9,13,18H,7H2,(H,15,19)(H,16,17). The van der Waals surface area contributed by atoms with Gasteiger partial charge in [0.05, 0.1) is 6.10 Å². The monoisotopic (exact) mass is 290 g/mol. The van der Waals surface area contributed by atoms with E-state index < -0.39 is 6.10 Å². The summed E-state index contributed by atoms with van der Waals surface area (Å²) in [4.78, 5) is 22.1. The van der Waals surface area contributed by atoms with Crippen molar-refractivity contribution in [1.82, 2.24) is 5.32 Å². The summed E-state index contributed by atoms with van der Waals surface area (Å²) in [6.07, 6.45) is -0.132. The van der Waals surface area contributed by atoms with E-state index in [2.05, 4.69) is 10.6 Å². The lowest BCUT2D eigenvalue weighted by Crippen LogP contribution is -2.28. The number of hydrogen-bond donors (Lipinski definition) is 3. The number of benzene rings is 1. The van der Waals surface area contributed by atoms with Crippen molar-refractivity contribution in [2.24, 2.45) is 0 Å². The highest BCUT2D eigenvalue weighted by atomic mass is 32.1. The normalized spacial score (nSPS) is 11.7. The third-order valence-corrected chi connectivity index (χ3v) is 3.46. The number of aliphatic hydroxyl groups excluding tert-OH is 1. The molecule has 1 aromatic carbocycles. The first-order valence-corrected chi connectivity index (χ1v) is 6.93. The molecule has 0 radical (unpaired) electrons. The Hall–Kier alpha value is -2.18. The van der Waals surface area contributed by atoms with E-state index in [4.69, 9.17) is 0 Å². The summed E-state index contributed by atoms with van der Waals surface area (Å²) in [5, 5.41) is 18.7. The Morgan fingerprint density at radius 2 is 2.05 bits per heavy atom. The van der Waals surface area contributed by atoms with Crippen molar-refractivity contribution in [3.63, 3.8) is 0 Å². The van der Waals surface area contributed by atoms with Crippen molar-refractivity contribution >= 4 is 29.3 Å². The predicted molar refractivity (Wildman–Crippen MR) is 77.7 cm³/mol. The van der Waals surface area contributed by atoms with Gasteiger partial charge in [-0.2, -0.15) is 11.3 Å². The molecule has 0 bridgehead atoms. The number of thiophene rings is 1. The molecule has 5 nitrogen and oxygen atoms in total. The van der Waals surface area contributed by atoms with Gasteiger partial charge >= 0.3 is 0 Å². The summed E-state index contributed by atoms with van der Waals surface area (Å²) in [5.74, 6) is -0.267. The van der Waals surface area contributed by atoms with Gasteiger partial charge in [-0.1, -0.05) is 0 Å². The molecule has 0 spiro atoms. The lowest BCUT2D eigenvalue weighted by molar-refractivity contribution is -0.105. The summed E-state index contributed by atoms with van der Waals surface area (Å²) in [7, 11) is 0. The van der Waals surface area contributed by atoms with Crippen LogP contribution in [0.5, 0.6) is 0 Å². The van der Waals surface area contributed by atoms with Crippen LogP contribution in [-0.2, 0) is 4.79 Å². The van der Waals surface area contributed by atoms with Gasteiger partial charge in [0.2, 0.25) is 6.41 Å². The molecule has 0 aliphatic heterocycles. The third kappa shape index (κ3) is 3.66. The zero-order valence-corrected chi connectivity index (χ0v) is 11.4. The third-order valence-electron chi connectivity index (χ3n) is 2.76. The summed E-state index contributed by atoms with van der Waals surface area (Å²) in [6.45, 7) is 0.157. The largest absolute Gasteiger partial charge is 0.387 e. The number of carbonyl (C=O) groups excluding carboxylic acids is 2. The van der Waals surface area contributed by atoms with Crippen LogP contribution in [0, 0.1) is 0 Å². The molecule has 2 rings (SSSR count). The first-order valence-electron chi connectivity index (χ1n) is 5.99. The van der Waals surface area contributed by atoms with Crippen LogP contribution in [0.1, 0.15) is 22.0 Å². The molecule has 6 heteroatoms. The van der Waals surface area contributed by atoms with Gasteiger partial charge in [0, 0.05) is 17.8 Å². The predicted octanol–water partition coefficient (Wildman–Crippen LogP) is 1.78. The van der Waals surface area contributed by atoms with Crippen molar-refractivity contribution in [1.29, 1.82) is 0 Å². The average Bonchev–Trinajstić information content (AvgIpc) is 3.00. The first-order chi connectivity index (χ1) is 9.70. The maximum absolute atomic E-state index is 11.9. The Morgan fingerprint density at radius 1 is 1.30 bits per heavy atom. The van der Waals surface area contributed by atoms with Crippen LogP contribution in [0.2, 0.25) is 0 Å². The van der Waals surface area contributed by atoms with Gasteiger partial charge in [0.1, 0.15) is 0 Å². The lowest BCUT2D eigenvalue weighted by atomic mass is 10.1. The second-order valence-corrected chi connectivity index (χ2v) is 4.90. The Bertz CT molecular complexity index is 567. The van der Waals surface area contributed by atoms with Crippen molar-refractivity contribution in [2.45, 2.75) is 6.10 Å². The van der Waals surface area contributed by atoms with E-state index in [-0.39, 0.29) is 12.5 Å². The highest BCUT2D eigenvalue weighted by molar-refractivity contribution is 7.07. The average molecular weight is 290 g/mol. The minimum atomic E-state index is -0.707. The van der Waals surface area contributed by atoms with Crippen LogP contribution in [0.4, 0.5) is 5.69 Å². The smallest absolute Gasteiger partial charge is 0.251 e. The zero-order valence-electron chi connectivity index (χ0n) is 10.6. The van der Waals surface area contributed by atoms with E-state index in [9.17, 15) is 14.7 Å². The minimum Gasteiger partial charge on any atom is -0.387 e. The van der Waals surface area contributed by atoms with E-state index in [1.54, 1.807) is 24.3 Å².